The number of nitrogens with one attached hydrogen (secondary N) is 2. The van der Waals surface area contributed by atoms with E-state index in [0.29, 0.717) is 10.7 Å². The molecule has 0 radical (unpaired) electrons. The molecule has 29 heavy (non-hydrogen) atoms. The van der Waals surface area contributed by atoms with Gasteiger partial charge in [0.05, 0.1) is 5.69 Å². The van der Waals surface area contributed by atoms with E-state index in [4.69, 9.17) is 0 Å². The van der Waals surface area contributed by atoms with Gasteiger partial charge in [-0.15, -0.1) is 11.3 Å². The molecular weight excluding hydrogens is 466 g/mol. The molecule has 0 saturated carbocycles. The standard InChI is InChI=1S/C22H16BrN3OS2/c23-17-10-6-16(7-11-17)21(27)25-26-22-24-20(14-28-22)15-8-12-19(13-9-15)29-18-4-2-1-3-5-18/h1-14H,(H,24,26)(H,25,27). The van der Waals surface area contributed by atoms with Crippen LogP contribution in [0.15, 0.2) is 98.5 Å². The zero-order chi connectivity index (χ0) is 20.1. The van der Waals surface area contributed by atoms with E-state index >= 15 is 0 Å². The Hall–Kier alpha value is -2.61. The van der Waals surface area contributed by atoms with Gasteiger partial charge < -0.3 is 0 Å². The van der Waals surface area contributed by atoms with Crippen LogP contribution in [0.25, 0.3) is 11.3 Å². The highest BCUT2D eigenvalue weighted by Crippen LogP contribution is 2.30. The predicted octanol–water partition coefficient (Wildman–Crippen LogP) is 6.48. The molecule has 1 heterocycles. The molecule has 1 aromatic heterocycles. The molecule has 4 aromatic rings. The monoisotopic (exact) mass is 481 g/mol. The highest BCUT2D eigenvalue weighted by molar-refractivity contribution is 9.10. The van der Waals surface area contributed by atoms with Crippen LogP contribution in [-0.4, -0.2) is 10.9 Å². The Balaban J connectivity index is 1.37. The number of halogens is 1. The fourth-order valence-corrected chi connectivity index (χ4v) is 4.34. The zero-order valence-electron chi connectivity index (χ0n) is 15.1. The minimum Gasteiger partial charge on any atom is -0.273 e. The van der Waals surface area contributed by atoms with Crippen LogP contribution < -0.4 is 10.9 Å². The average Bonchev–Trinajstić information content (AvgIpc) is 3.23. The fourth-order valence-electron chi connectivity index (χ4n) is 2.57. The Labute approximate surface area is 185 Å². The van der Waals surface area contributed by atoms with Crippen molar-refractivity contribution in [1.29, 1.82) is 0 Å². The maximum absolute atomic E-state index is 12.2. The minimum absolute atomic E-state index is 0.212. The van der Waals surface area contributed by atoms with Crippen LogP contribution in [0.3, 0.4) is 0 Å². The number of aromatic nitrogens is 1. The summed E-state index contributed by atoms with van der Waals surface area (Å²) < 4.78 is 0.930. The summed E-state index contributed by atoms with van der Waals surface area (Å²) in [6.45, 7) is 0. The van der Waals surface area contributed by atoms with E-state index < -0.39 is 0 Å². The normalized spacial score (nSPS) is 10.5. The summed E-state index contributed by atoms with van der Waals surface area (Å²) in [5, 5.41) is 2.60. The Morgan fingerprint density at radius 1 is 0.897 bits per heavy atom. The van der Waals surface area contributed by atoms with Crippen LogP contribution in [0.2, 0.25) is 0 Å². The van der Waals surface area contributed by atoms with Gasteiger partial charge in [-0.2, -0.15) is 0 Å². The molecule has 0 aliphatic rings. The second-order valence-electron chi connectivity index (χ2n) is 6.06. The van der Waals surface area contributed by atoms with Crippen molar-refractivity contribution in [3.8, 4) is 11.3 Å². The van der Waals surface area contributed by atoms with Gasteiger partial charge in [-0.25, -0.2) is 4.98 Å². The molecular formula is C22H16BrN3OS2. The highest BCUT2D eigenvalue weighted by Gasteiger charge is 2.08. The van der Waals surface area contributed by atoms with E-state index in [9.17, 15) is 4.79 Å². The number of carbonyl (C=O) groups is 1. The van der Waals surface area contributed by atoms with Crippen molar-refractivity contribution < 1.29 is 4.79 Å². The number of hydrogen-bond donors (Lipinski definition) is 2. The van der Waals surface area contributed by atoms with Crippen molar-refractivity contribution in [2.24, 2.45) is 0 Å². The Morgan fingerprint density at radius 2 is 1.59 bits per heavy atom. The summed E-state index contributed by atoms with van der Waals surface area (Å²) in [6, 6.07) is 25.8. The molecule has 0 aliphatic heterocycles. The summed E-state index contributed by atoms with van der Waals surface area (Å²) in [5.41, 5.74) is 8.03. The van der Waals surface area contributed by atoms with Crippen molar-refractivity contribution >= 4 is 50.1 Å². The van der Waals surface area contributed by atoms with Gasteiger partial charge in [0.1, 0.15) is 0 Å². The van der Waals surface area contributed by atoms with Gasteiger partial charge in [-0.3, -0.25) is 15.6 Å². The predicted molar refractivity (Wildman–Crippen MR) is 123 cm³/mol. The molecule has 0 unspecified atom stereocenters. The lowest BCUT2D eigenvalue weighted by atomic mass is 10.2. The quantitative estimate of drug-likeness (QED) is 0.309. The molecule has 4 rings (SSSR count). The molecule has 144 valence electrons. The maximum atomic E-state index is 12.2. The lowest BCUT2D eigenvalue weighted by molar-refractivity contribution is 0.0962. The molecule has 2 N–H and O–H groups in total. The fraction of sp³-hybridized carbons (Fsp3) is 0. The van der Waals surface area contributed by atoms with Crippen LogP contribution in [0.1, 0.15) is 10.4 Å². The summed E-state index contributed by atoms with van der Waals surface area (Å²) >= 11 is 6.53. The van der Waals surface area contributed by atoms with Crippen molar-refractivity contribution in [3.05, 3.63) is 94.3 Å². The number of nitrogens with zero attached hydrogens (tertiary/aromatic N) is 1. The maximum Gasteiger partial charge on any atom is 0.269 e. The molecule has 0 fully saturated rings. The van der Waals surface area contributed by atoms with Gasteiger partial charge in [0, 0.05) is 30.8 Å². The van der Waals surface area contributed by atoms with Crippen LogP contribution >= 0.6 is 39.0 Å². The SMILES string of the molecule is O=C(NNc1nc(-c2ccc(Sc3ccccc3)cc2)cs1)c1ccc(Br)cc1. The number of carbonyl (C=O) groups excluding carboxylic acids is 1. The molecule has 1 amide bonds. The first-order valence-electron chi connectivity index (χ1n) is 8.78. The highest BCUT2D eigenvalue weighted by atomic mass is 79.9. The largest absolute Gasteiger partial charge is 0.273 e. The van der Waals surface area contributed by atoms with Gasteiger partial charge in [0.2, 0.25) is 5.13 Å². The first kappa shape index (κ1) is 19.7. The van der Waals surface area contributed by atoms with Crippen molar-refractivity contribution in [2.45, 2.75) is 9.79 Å². The van der Waals surface area contributed by atoms with E-state index in [1.807, 2.05) is 35.7 Å². The van der Waals surface area contributed by atoms with Gasteiger partial charge in [0.25, 0.3) is 5.91 Å². The first-order chi connectivity index (χ1) is 14.2. The number of thiazole rings is 1. The third-order valence-electron chi connectivity index (χ3n) is 4.02. The average molecular weight is 482 g/mol. The second-order valence-corrected chi connectivity index (χ2v) is 8.98. The number of amides is 1. The van der Waals surface area contributed by atoms with Crippen molar-refractivity contribution in [1.82, 2.24) is 10.4 Å². The van der Waals surface area contributed by atoms with Gasteiger partial charge >= 0.3 is 0 Å². The van der Waals surface area contributed by atoms with Crippen LogP contribution in [0.5, 0.6) is 0 Å². The molecule has 4 nitrogen and oxygen atoms in total. The summed E-state index contributed by atoms with van der Waals surface area (Å²) in [5.74, 6) is -0.212. The van der Waals surface area contributed by atoms with E-state index in [2.05, 4.69) is 68.2 Å². The molecule has 7 heteroatoms. The number of hydrogen-bond acceptors (Lipinski definition) is 5. The van der Waals surface area contributed by atoms with Gasteiger partial charge in [-0.1, -0.05) is 58.0 Å². The number of anilines is 1. The first-order valence-corrected chi connectivity index (χ1v) is 11.3. The summed E-state index contributed by atoms with van der Waals surface area (Å²) in [7, 11) is 0. The third kappa shape index (κ3) is 5.26. The Kier molecular flexibility index (Phi) is 6.29. The zero-order valence-corrected chi connectivity index (χ0v) is 18.4. The topological polar surface area (TPSA) is 54.0 Å². The molecule has 0 spiro atoms. The molecule has 0 atom stereocenters. The number of hydrazine groups is 1. The van der Waals surface area contributed by atoms with Crippen LogP contribution in [-0.2, 0) is 0 Å². The van der Waals surface area contributed by atoms with E-state index in [0.717, 1.165) is 15.7 Å². The van der Waals surface area contributed by atoms with Crippen LogP contribution in [0.4, 0.5) is 5.13 Å². The number of rotatable bonds is 6. The Bertz CT molecular complexity index is 1100. The Morgan fingerprint density at radius 3 is 2.31 bits per heavy atom. The van der Waals surface area contributed by atoms with E-state index in [1.54, 1.807) is 23.9 Å². The lowest BCUT2D eigenvalue weighted by Gasteiger charge is -2.05. The summed E-state index contributed by atoms with van der Waals surface area (Å²) in [6.07, 6.45) is 0. The van der Waals surface area contributed by atoms with E-state index in [-0.39, 0.29) is 5.91 Å². The van der Waals surface area contributed by atoms with Gasteiger partial charge in [0.15, 0.2) is 0 Å². The van der Waals surface area contributed by atoms with Crippen molar-refractivity contribution in [2.75, 3.05) is 5.43 Å². The van der Waals surface area contributed by atoms with Crippen LogP contribution in [0, 0.1) is 0 Å². The molecule has 0 aliphatic carbocycles. The molecule has 3 aromatic carbocycles. The number of benzene rings is 3. The van der Waals surface area contributed by atoms with Gasteiger partial charge in [-0.05, 0) is 48.5 Å². The van der Waals surface area contributed by atoms with E-state index in [1.165, 1.54) is 21.1 Å². The minimum atomic E-state index is -0.212. The van der Waals surface area contributed by atoms with Crippen molar-refractivity contribution in [3.63, 3.8) is 0 Å². The second kappa shape index (κ2) is 9.26. The smallest absolute Gasteiger partial charge is 0.269 e. The summed E-state index contributed by atoms with van der Waals surface area (Å²) in [4.78, 5) is 19.1. The molecule has 0 bridgehead atoms. The third-order valence-corrected chi connectivity index (χ3v) is 6.32. The lowest BCUT2D eigenvalue weighted by Crippen LogP contribution is -2.29. The molecule has 0 saturated heterocycles.